The summed E-state index contributed by atoms with van der Waals surface area (Å²) in [6, 6.07) is 0.398. The maximum absolute atomic E-state index is 13.0. The van der Waals surface area contributed by atoms with Crippen LogP contribution in [-0.4, -0.2) is 10.1 Å². The summed E-state index contributed by atoms with van der Waals surface area (Å²) < 4.78 is 73.9. The fourth-order valence-corrected chi connectivity index (χ4v) is 1.02. The molecule has 1 N–H and O–H groups in total. The van der Waals surface area contributed by atoms with Crippen molar-refractivity contribution in [3.05, 3.63) is 28.8 Å². The van der Waals surface area contributed by atoms with Gasteiger partial charge in [0.1, 0.15) is 5.69 Å². The first-order valence-corrected chi connectivity index (χ1v) is 3.93. The second-order valence-corrected chi connectivity index (χ2v) is 2.83. The number of hydrogen-bond acceptors (Lipinski definition) is 2. The molecule has 0 spiro atoms. The third-order valence-electron chi connectivity index (χ3n) is 1.72. The fourth-order valence-electron chi connectivity index (χ4n) is 1.02. The van der Waals surface area contributed by atoms with Crippen molar-refractivity contribution in [2.45, 2.75) is 19.2 Å². The van der Waals surface area contributed by atoms with Gasteiger partial charge in [0.25, 0.3) is 6.43 Å². The Labute approximate surface area is 85.5 Å². The van der Waals surface area contributed by atoms with Crippen molar-refractivity contribution in [2.24, 2.45) is 0 Å². The molecule has 0 aliphatic rings. The van der Waals surface area contributed by atoms with E-state index in [1.54, 1.807) is 0 Å². The quantitative estimate of drug-likeness (QED) is 0.812. The molecule has 0 atom stereocenters. The van der Waals surface area contributed by atoms with Gasteiger partial charge in [0, 0.05) is 5.56 Å². The van der Waals surface area contributed by atoms with Crippen molar-refractivity contribution in [3.63, 3.8) is 0 Å². The Morgan fingerprint density at radius 3 is 2.25 bits per heavy atom. The summed E-state index contributed by atoms with van der Waals surface area (Å²) in [4.78, 5) is 2.49. The number of aliphatic hydroxyl groups excluding tert-OH is 1. The average Bonchev–Trinajstić information content (AvgIpc) is 2.15. The molecule has 0 unspecified atom stereocenters. The Balaban J connectivity index is 3.42. The van der Waals surface area contributed by atoms with Crippen LogP contribution in [0.5, 0.6) is 0 Å². The summed E-state index contributed by atoms with van der Waals surface area (Å²) in [7, 11) is 0. The molecule has 16 heavy (non-hydrogen) atoms. The monoisotopic (exact) mass is 245 g/mol. The maximum atomic E-state index is 13.0. The van der Waals surface area contributed by atoms with Crippen molar-refractivity contribution in [2.75, 3.05) is 0 Å². The van der Waals surface area contributed by atoms with Crippen LogP contribution in [0.2, 0.25) is 0 Å². The van der Waals surface area contributed by atoms with E-state index in [4.69, 9.17) is 5.11 Å². The summed E-state index contributed by atoms with van der Waals surface area (Å²) in [6.45, 7) is -1.11. The summed E-state index contributed by atoms with van der Waals surface area (Å²) >= 11 is 0. The number of halogens is 6. The molecule has 0 aliphatic heterocycles. The van der Waals surface area contributed by atoms with Gasteiger partial charge < -0.3 is 5.11 Å². The lowest BCUT2D eigenvalue weighted by atomic mass is 10.1. The molecule has 1 aromatic rings. The van der Waals surface area contributed by atoms with E-state index in [1.807, 2.05) is 0 Å². The van der Waals surface area contributed by atoms with Gasteiger partial charge in [-0.3, -0.25) is 0 Å². The summed E-state index contributed by atoms with van der Waals surface area (Å²) in [5.74, 6) is -1.83. The van der Waals surface area contributed by atoms with E-state index in [-0.39, 0.29) is 0 Å². The van der Waals surface area contributed by atoms with Crippen LogP contribution in [0.25, 0.3) is 0 Å². The van der Waals surface area contributed by atoms with Crippen LogP contribution >= 0.6 is 0 Å². The van der Waals surface area contributed by atoms with Gasteiger partial charge >= 0.3 is 6.18 Å². The molecule has 2 nitrogen and oxygen atoms in total. The number of rotatable bonds is 2. The zero-order chi connectivity index (χ0) is 12.5. The summed E-state index contributed by atoms with van der Waals surface area (Å²) in [5.41, 5.74) is -4.13. The Morgan fingerprint density at radius 2 is 1.88 bits per heavy atom. The number of nitrogens with zero attached hydrogens (tertiary/aromatic N) is 1. The van der Waals surface area contributed by atoms with E-state index in [0.29, 0.717) is 6.07 Å². The lowest BCUT2D eigenvalue weighted by Gasteiger charge is -2.11. The molecular weight excluding hydrogens is 240 g/mol. The van der Waals surface area contributed by atoms with Crippen molar-refractivity contribution in [3.8, 4) is 0 Å². The fraction of sp³-hybridized carbons (Fsp3) is 0.375. The van der Waals surface area contributed by atoms with E-state index < -0.39 is 42.0 Å². The van der Waals surface area contributed by atoms with Crippen LogP contribution in [0.4, 0.5) is 26.3 Å². The van der Waals surface area contributed by atoms with Crippen molar-refractivity contribution in [1.82, 2.24) is 4.98 Å². The zero-order valence-corrected chi connectivity index (χ0v) is 7.52. The normalized spacial score (nSPS) is 12.2. The zero-order valence-electron chi connectivity index (χ0n) is 7.52. The highest BCUT2D eigenvalue weighted by Crippen LogP contribution is 2.33. The predicted molar refractivity (Wildman–Crippen MR) is 40.1 cm³/mol. The first-order valence-electron chi connectivity index (χ1n) is 3.93. The van der Waals surface area contributed by atoms with E-state index in [0.717, 1.165) is 0 Å². The highest BCUT2D eigenvalue weighted by Gasteiger charge is 2.38. The van der Waals surface area contributed by atoms with Gasteiger partial charge in [-0.15, -0.1) is 0 Å². The second kappa shape index (κ2) is 4.28. The smallest absolute Gasteiger partial charge is 0.392 e. The van der Waals surface area contributed by atoms with Gasteiger partial charge in [0.15, 0.2) is 11.5 Å². The Kier molecular flexibility index (Phi) is 3.41. The molecule has 0 aliphatic carbocycles. The Morgan fingerprint density at radius 1 is 1.31 bits per heavy atom. The van der Waals surface area contributed by atoms with Gasteiger partial charge in [0.05, 0.1) is 6.61 Å². The highest BCUT2D eigenvalue weighted by atomic mass is 19.4. The molecule has 0 aromatic carbocycles. The summed E-state index contributed by atoms with van der Waals surface area (Å²) in [6.07, 6.45) is -8.45. The molecule has 8 heteroatoms. The van der Waals surface area contributed by atoms with Gasteiger partial charge in [-0.2, -0.15) is 13.2 Å². The lowest BCUT2D eigenvalue weighted by Crippen LogP contribution is -2.15. The first-order chi connectivity index (χ1) is 7.27. The minimum Gasteiger partial charge on any atom is -0.392 e. The topological polar surface area (TPSA) is 33.1 Å². The van der Waals surface area contributed by atoms with Crippen molar-refractivity contribution in [1.29, 1.82) is 0 Å². The largest absolute Gasteiger partial charge is 0.436 e. The number of aliphatic hydroxyl groups is 1. The predicted octanol–water partition coefficient (Wildman–Crippen LogP) is 2.67. The van der Waals surface area contributed by atoms with Crippen LogP contribution in [0.15, 0.2) is 6.07 Å². The third kappa shape index (κ3) is 2.43. The molecule has 1 aromatic heterocycles. The van der Waals surface area contributed by atoms with Crippen LogP contribution in [0.1, 0.15) is 23.4 Å². The standard InChI is InChI=1S/C8H5F6NO/c9-5-3(2-16)1-4(7(10)11)15-6(5)8(12,13)14/h1,7,16H,2H2. The highest BCUT2D eigenvalue weighted by molar-refractivity contribution is 5.25. The third-order valence-corrected chi connectivity index (χ3v) is 1.72. The minimum absolute atomic E-state index is 0.398. The number of aromatic nitrogens is 1. The van der Waals surface area contributed by atoms with E-state index >= 15 is 0 Å². The number of hydrogen-bond donors (Lipinski definition) is 1. The van der Waals surface area contributed by atoms with E-state index in [9.17, 15) is 26.3 Å². The van der Waals surface area contributed by atoms with E-state index in [2.05, 4.69) is 4.98 Å². The van der Waals surface area contributed by atoms with Gasteiger partial charge in [0.2, 0.25) is 0 Å². The molecule has 1 rings (SSSR count). The SMILES string of the molecule is OCc1cc(C(F)F)nc(C(F)(F)F)c1F. The number of alkyl halides is 5. The second-order valence-electron chi connectivity index (χ2n) is 2.83. The van der Waals surface area contributed by atoms with Gasteiger partial charge in [-0.05, 0) is 6.07 Å². The Hall–Kier alpha value is -1.31. The van der Waals surface area contributed by atoms with Crippen LogP contribution in [0.3, 0.4) is 0 Å². The molecule has 0 saturated carbocycles. The minimum atomic E-state index is -5.18. The molecule has 1 heterocycles. The first kappa shape index (κ1) is 12.8. The van der Waals surface area contributed by atoms with Crippen molar-refractivity contribution >= 4 is 0 Å². The Bertz CT molecular complexity index is 389. The van der Waals surface area contributed by atoms with Gasteiger partial charge in [-0.25, -0.2) is 18.2 Å². The van der Waals surface area contributed by atoms with Crippen LogP contribution in [-0.2, 0) is 12.8 Å². The molecule has 0 saturated heterocycles. The van der Waals surface area contributed by atoms with Crippen LogP contribution in [0, 0.1) is 5.82 Å². The molecule has 0 fully saturated rings. The lowest BCUT2D eigenvalue weighted by molar-refractivity contribution is -0.144. The molecule has 0 amide bonds. The molecular formula is C8H5F6NO. The van der Waals surface area contributed by atoms with Gasteiger partial charge in [-0.1, -0.05) is 0 Å². The average molecular weight is 245 g/mol. The van der Waals surface area contributed by atoms with Crippen molar-refractivity contribution < 1.29 is 31.4 Å². The number of pyridine rings is 1. The van der Waals surface area contributed by atoms with Crippen LogP contribution < -0.4 is 0 Å². The maximum Gasteiger partial charge on any atom is 0.436 e. The van der Waals surface area contributed by atoms with E-state index in [1.165, 1.54) is 0 Å². The summed E-state index contributed by atoms with van der Waals surface area (Å²) in [5, 5.41) is 8.53. The molecule has 90 valence electrons. The molecule has 0 bridgehead atoms. The molecule has 0 radical (unpaired) electrons.